The molecule has 0 spiro atoms. The van der Waals surface area contributed by atoms with E-state index in [1.807, 2.05) is 0 Å². The van der Waals surface area contributed by atoms with Crippen molar-refractivity contribution in [3.63, 3.8) is 0 Å². The molecule has 1 fully saturated rings. The second-order valence-electron chi connectivity index (χ2n) is 9.87. The topological polar surface area (TPSA) is 101 Å². The van der Waals surface area contributed by atoms with E-state index in [0.717, 1.165) is 6.42 Å². The summed E-state index contributed by atoms with van der Waals surface area (Å²) in [7, 11) is 0. The fraction of sp³-hybridized carbons (Fsp3) is 0.500. The van der Waals surface area contributed by atoms with Gasteiger partial charge in [0.2, 0.25) is 0 Å². The summed E-state index contributed by atoms with van der Waals surface area (Å²) in [6.45, 7) is 6.22. The van der Waals surface area contributed by atoms with Crippen molar-refractivity contribution in [1.29, 1.82) is 0 Å². The maximum Gasteiger partial charge on any atom is 0.410 e. The Hall–Kier alpha value is -3.20. The Morgan fingerprint density at radius 3 is 2.69 bits per heavy atom. The summed E-state index contributed by atoms with van der Waals surface area (Å²) in [4.78, 5) is 39.7. The van der Waals surface area contributed by atoms with Crippen LogP contribution in [0.25, 0.3) is 5.69 Å². The van der Waals surface area contributed by atoms with Crippen LogP contribution in [0.3, 0.4) is 0 Å². The summed E-state index contributed by atoms with van der Waals surface area (Å²) >= 11 is 0. The molecule has 2 amide bonds. The van der Waals surface area contributed by atoms with Gasteiger partial charge in [0.05, 0.1) is 5.56 Å². The molecule has 1 aliphatic rings. The molecule has 1 aliphatic heterocycles. The number of halogens is 1. The first-order valence-corrected chi connectivity index (χ1v) is 11.9. The van der Waals surface area contributed by atoms with Gasteiger partial charge < -0.3 is 24.6 Å². The number of nitrogens with zero attached hydrogens (tertiary/aromatic N) is 2. The lowest BCUT2D eigenvalue weighted by Gasteiger charge is -2.34. The number of amides is 2. The molecule has 2 aromatic rings. The lowest BCUT2D eigenvalue weighted by molar-refractivity contribution is -0.118. The van der Waals surface area contributed by atoms with Crippen molar-refractivity contribution < 1.29 is 28.6 Å². The van der Waals surface area contributed by atoms with Crippen LogP contribution in [0.2, 0.25) is 0 Å². The van der Waals surface area contributed by atoms with Crippen LogP contribution in [0, 0.1) is 5.82 Å². The Balaban J connectivity index is 1.77. The molecule has 9 heteroatoms. The number of Topliss-reactive ketones (excluding diaryl/α,β-unsaturated/α-hetero) is 1. The van der Waals surface area contributed by atoms with Crippen molar-refractivity contribution >= 4 is 17.8 Å². The van der Waals surface area contributed by atoms with Gasteiger partial charge in [0.15, 0.2) is 0 Å². The highest BCUT2D eigenvalue weighted by molar-refractivity contribution is 5.97. The number of aliphatic hydroxyl groups is 1. The molecule has 1 aromatic heterocycles. The number of ketones is 1. The summed E-state index contributed by atoms with van der Waals surface area (Å²) in [5.41, 5.74) is 0.766. The van der Waals surface area contributed by atoms with Crippen LogP contribution in [0.5, 0.6) is 0 Å². The number of likely N-dealkylation sites (tertiary alicyclic amines) is 1. The van der Waals surface area contributed by atoms with Gasteiger partial charge in [-0.1, -0.05) is 6.07 Å². The van der Waals surface area contributed by atoms with Crippen LogP contribution in [-0.4, -0.2) is 63.7 Å². The molecule has 190 valence electrons. The number of ether oxygens (including phenoxy) is 1. The highest BCUT2D eigenvalue weighted by Gasteiger charge is 2.29. The van der Waals surface area contributed by atoms with Crippen molar-refractivity contribution in [2.24, 2.45) is 0 Å². The van der Waals surface area contributed by atoms with Crippen LogP contribution >= 0.6 is 0 Å². The highest BCUT2D eigenvalue weighted by atomic mass is 19.1. The van der Waals surface area contributed by atoms with Crippen LogP contribution in [-0.2, 0) is 16.0 Å². The van der Waals surface area contributed by atoms with Crippen LogP contribution in [0.4, 0.5) is 9.18 Å². The molecule has 0 radical (unpaired) electrons. The molecule has 2 heterocycles. The number of benzene rings is 1. The van der Waals surface area contributed by atoms with Crippen molar-refractivity contribution in [2.45, 2.75) is 64.5 Å². The molecule has 1 saturated heterocycles. The van der Waals surface area contributed by atoms with Gasteiger partial charge in [0.25, 0.3) is 5.91 Å². The fourth-order valence-electron chi connectivity index (χ4n) is 4.06. The molecule has 0 aliphatic carbocycles. The zero-order valence-electron chi connectivity index (χ0n) is 20.6. The van der Waals surface area contributed by atoms with Gasteiger partial charge in [-0.2, -0.15) is 0 Å². The van der Waals surface area contributed by atoms with Gasteiger partial charge >= 0.3 is 6.09 Å². The Bertz CT molecular complexity index is 1060. The molecular formula is C26H34FN3O5. The number of carbonyl (C=O) groups excluding carboxylic acids is 3. The van der Waals surface area contributed by atoms with Gasteiger partial charge in [-0.3, -0.25) is 9.59 Å². The third kappa shape index (κ3) is 7.65. The fourth-order valence-corrected chi connectivity index (χ4v) is 4.06. The van der Waals surface area contributed by atoms with E-state index in [9.17, 15) is 18.8 Å². The predicted octanol–water partition coefficient (Wildman–Crippen LogP) is 3.63. The number of aliphatic hydroxyl groups excluding tert-OH is 1. The first-order chi connectivity index (χ1) is 16.6. The molecule has 0 saturated carbocycles. The molecule has 35 heavy (non-hydrogen) atoms. The summed E-state index contributed by atoms with van der Waals surface area (Å²) < 4.78 is 20.9. The number of piperidine rings is 1. The first-order valence-electron chi connectivity index (χ1n) is 11.9. The predicted molar refractivity (Wildman–Crippen MR) is 129 cm³/mol. The van der Waals surface area contributed by atoms with Crippen molar-refractivity contribution in [3.8, 4) is 5.69 Å². The van der Waals surface area contributed by atoms with E-state index in [0.29, 0.717) is 42.7 Å². The molecule has 0 unspecified atom stereocenters. The summed E-state index contributed by atoms with van der Waals surface area (Å²) in [5, 5.41) is 12.0. The quantitative estimate of drug-likeness (QED) is 0.592. The van der Waals surface area contributed by atoms with Gasteiger partial charge in [0, 0.05) is 56.7 Å². The third-order valence-corrected chi connectivity index (χ3v) is 5.67. The Kier molecular flexibility index (Phi) is 8.67. The minimum absolute atomic E-state index is 0.0275. The molecule has 0 bridgehead atoms. The third-order valence-electron chi connectivity index (χ3n) is 5.67. The lowest BCUT2D eigenvalue weighted by Crippen LogP contribution is -2.50. The average molecular weight is 488 g/mol. The Labute approximate surface area is 205 Å². The maximum atomic E-state index is 13.8. The van der Waals surface area contributed by atoms with E-state index in [4.69, 9.17) is 9.84 Å². The van der Waals surface area contributed by atoms with E-state index in [1.54, 1.807) is 54.8 Å². The number of carbonyl (C=O) groups is 3. The summed E-state index contributed by atoms with van der Waals surface area (Å²) in [6, 6.07) is 5.70. The van der Waals surface area contributed by atoms with Crippen LogP contribution < -0.4 is 5.32 Å². The Morgan fingerprint density at radius 1 is 1.23 bits per heavy atom. The Morgan fingerprint density at radius 2 is 2.00 bits per heavy atom. The normalized spacial score (nSPS) is 16.1. The molecule has 2 N–H and O–H groups in total. The second-order valence-corrected chi connectivity index (χ2v) is 9.87. The number of nitrogens with one attached hydrogen (secondary N) is 1. The number of hydrogen-bond acceptors (Lipinski definition) is 5. The van der Waals surface area contributed by atoms with E-state index in [1.165, 1.54) is 12.1 Å². The monoisotopic (exact) mass is 487 g/mol. The number of rotatable bonds is 8. The maximum absolute atomic E-state index is 13.8. The highest BCUT2D eigenvalue weighted by Crippen LogP contribution is 2.20. The van der Waals surface area contributed by atoms with E-state index >= 15 is 0 Å². The number of aromatic nitrogens is 1. The molecule has 8 nitrogen and oxygen atoms in total. The van der Waals surface area contributed by atoms with Crippen molar-refractivity contribution in [3.05, 3.63) is 53.6 Å². The van der Waals surface area contributed by atoms with Crippen LogP contribution in [0.1, 0.15) is 62.4 Å². The van der Waals surface area contributed by atoms with Crippen LogP contribution in [0.15, 0.2) is 36.7 Å². The summed E-state index contributed by atoms with van der Waals surface area (Å²) in [5.74, 6) is -0.868. The molecule has 1 atom stereocenters. The smallest absolute Gasteiger partial charge is 0.410 e. The molecule has 1 aromatic carbocycles. The number of hydrogen-bond donors (Lipinski definition) is 2. The van der Waals surface area contributed by atoms with Gasteiger partial charge in [-0.15, -0.1) is 0 Å². The van der Waals surface area contributed by atoms with E-state index in [-0.39, 0.29) is 37.2 Å². The van der Waals surface area contributed by atoms with Crippen molar-refractivity contribution in [2.75, 3.05) is 19.7 Å². The van der Waals surface area contributed by atoms with E-state index < -0.39 is 17.5 Å². The zero-order valence-corrected chi connectivity index (χ0v) is 20.6. The molecular weight excluding hydrogens is 453 g/mol. The van der Waals surface area contributed by atoms with Gasteiger partial charge in [-0.25, -0.2) is 9.18 Å². The second kappa shape index (κ2) is 11.5. The minimum Gasteiger partial charge on any atom is -0.444 e. The van der Waals surface area contributed by atoms with Gasteiger partial charge in [0.1, 0.15) is 17.2 Å². The standard InChI is InChI=1S/C26H34FN3O5/c1-26(2,3)35-25(34)29-11-5-8-20(16-29)28-24(33)23-17-30(21-9-4-7-19(27)14-21)15-18(23)13-22(32)10-6-12-31/h4,7,9,14-15,17,20,31H,5-6,8,10-13,16H2,1-3H3,(H,28,33)/t20-/m0/s1. The minimum atomic E-state index is -0.607. The molecule has 3 rings (SSSR count). The van der Waals surface area contributed by atoms with E-state index in [2.05, 4.69) is 5.32 Å². The lowest BCUT2D eigenvalue weighted by atomic mass is 10.0. The SMILES string of the molecule is CC(C)(C)OC(=O)N1CCC[C@H](NC(=O)c2cn(-c3cccc(F)c3)cc2CC(=O)CCCO)C1. The van der Waals surface area contributed by atoms with Gasteiger partial charge in [-0.05, 0) is 63.8 Å². The average Bonchev–Trinajstić information content (AvgIpc) is 3.20. The first kappa shape index (κ1) is 26.4. The largest absolute Gasteiger partial charge is 0.444 e. The van der Waals surface area contributed by atoms with Crippen molar-refractivity contribution in [1.82, 2.24) is 14.8 Å². The zero-order chi connectivity index (χ0) is 25.6. The summed E-state index contributed by atoms with van der Waals surface area (Å²) in [6.07, 6.45) is 4.86.